The molecule has 0 aliphatic heterocycles. The van der Waals surface area contributed by atoms with E-state index in [2.05, 4.69) is 10.1 Å². The molecule has 104 valence electrons. The van der Waals surface area contributed by atoms with Gasteiger partial charge >= 0.3 is 0 Å². The molecule has 0 saturated heterocycles. The standard InChI is InChI=1S/C14H10N4O3/c15-11-7-3-1-5-9(11)14-16-13(17-21-14)10-6-2-4-8-12(10)18(19)20/h1-8H,15H2. The first kappa shape index (κ1) is 12.8. The van der Waals surface area contributed by atoms with E-state index in [1.807, 2.05) is 0 Å². The molecule has 0 atom stereocenters. The van der Waals surface area contributed by atoms with Gasteiger partial charge in [-0.2, -0.15) is 4.98 Å². The Balaban J connectivity index is 2.08. The molecule has 7 nitrogen and oxygen atoms in total. The van der Waals surface area contributed by atoms with Gasteiger partial charge in [0.05, 0.1) is 10.5 Å². The summed E-state index contributed by atoms with van der Waals surface area (Å²) in [6.07, 6.45) is 0. The van der Waals surface area contributed by atoms with Gasteiger partial charge in [0.25, 0.3) is 11.6 Å². The van der Waals surface area contributed by atoms with Crippen LogP contribution in [-0.4, -0.2) is 15.1 Å². The molecular formula is C14H10N4O3. The van der Waals surface area contributed by atoms with Gasteiger partial charge in [-0.3, -0.25) is 10.1 Å². The van der Waals surface area contributed by atoms with E-state index in [0.29, 0.717) is 16.8 Å². The van der Waals surface area contributed by atoms with Crippen molar-refractivity contribution in [3.05, 3.63) is 58.6 Å². The van der Waals surface area contributed by atoms with E-state index in [1.54, 1.807) is 42.5 Å². The third kappa shape index (κ3) is 2.32. The highest BCUT2D eigenvalue weighted by Crippen LogP contribution is 2.30. The first-order valence-corrected chi connectivity index (χ1v) is 6.09. The van der Waals surface area contributed by atoms with Crippen LogP contribution >= 0.6 is 0 Å². The van der Waals surface area contributed by atoms with Crippen LogP contribution in [0.25, 0.3) is 22.8 Å². The number of nitrogens with two attached hydrogens (primary N) is 1. The molecule has 3 aromatic rings. The van der Waals surface area contributed by atoms with Crippen LogP contribution in [0.15, 0.2) is 53.1 Å². The van der Waals surface area contributed by atoms with Gasteiger partial charge in [0.15, 0.2) is 0 Å². The minimum absolute atomic E-state index is 0.0779. The fourth-order valence-corrected chi connectivity index (χ4v) is 1.96. The number of benzene rings is 2. The quantitative estimate of drug-likeness (QED) is 0.449. The molecular weight excluding hydrogens is 272 g/mol. The number of nitrogen functional groups attached to an aromatic ring is 1. The van der Waals surface area contributed by atoms with Gasteiger partial charge in [0, 0.05) is 11.8 Å². The average Bonchev–Trinajstić information content (AvgIpc) is 2.97. The summed E-state index contributed by atoms with van der Waals surface area (Å²) in [5.41, 5.74) is 7.15. The lowest BCUT2D eigenvalue weighted by molar-refractivity contribution is -0.384. The molecule has 1 heterocycles. The van der Waals surface area contributed by atoms with Crippen molar-refractivity contribution < 1.29 is 9.45 Å². The average molecular weight is 282 g/mol. The largest absolute Gasteiger partial charge is 0.398 e. The zero-order valence-corrected chi connectivity index (χ0v) is 10.8. The fraction of sp³-hybridized carbons (Fsp3) is 0. The SMILES string of the molecule is Nc1ccccc1-c1nc(-c2ccccc2[N+](=O)[O-])no1. The van der Waals surface area contributed by atoms with Gasteiger partial charge in [-0.25, -0.2) is 0 Å². The number of nitrogens with zero attached hydrogens (tertiary/aromatic N) is 3. The van der Waals surface area contributed by atoms with Crippen LogP contribution in [0, 0.1) is 10.1 Å². The number of rotatable bonds is 3. The minimum atomic E-state index is -0.484. The Morgan fingerprint density at radius 3 is 2.43 bits per heavy atom. The van der Waals surface area contributed by atoms with E-state index in [9.17, 15) is 10.1 Å². The zero-order chi connectivity index (χ0) is 14.8. The summed E-state index contributed by atoms with van der Waals surface area (Å²) in [4.78, 5) is 14.7. The molecule has 0 radical (unpaired) electrons. The number of hydrogen-bond acceptors (Lipinski definition) is 6. The van der Waals surface area contributed by atoms with Gasteiger partial charge in [0.1, 0.15) is 5.56 Å². The van der Waals surface area contributed by atoms with Crippen molar-refractivity contribution in [2.45, 2.75) is 0 Å². The molecule has 1 aromatic heterocycles. The summed E-state index contributed by atoms with van der Waals surface area (Å²) >= 11 is 0. The highest BCUT2D eigenvalue weighted by atomic mass is 16.6. The van der Waals surface area contributed by atoms with Crippen LogP contribution in [0.3, 0.4) is 0 Å². The number of nitro benzene ring substituents is 1. The number of anilines is 1. The predicted molar refractivity (Wildman–Crippen MR) is 76.2 cm³/mol. The Morgan fingerprint density at radius 1 is 1.05 bits per heavy atom. The Hall–Kier alpha value is -3.22. The van der Waals surface area contributed by atoms with Crippen molar-refractivity contribution in [2.24, 2.45) is 0 Å². The lowest BCUT2D eigenvalue weighted by atomic mass is 10.1. The van der Waals surface area contributed by atoms with Crippen LogP contribution in [0.4, 0.5) is 11.4 Å². The van der Waals surface area contributed by atoms with Crippen molar-refractivity contribution in [1.29, 1.82) is 0 Å². The molecule has 2 N–H and O–H groups in total. The monoisotopic (exact) mass is 282 g/mol. The van der Waals surface area contributed by atoms with E-state index in [-0.39, 0.29) is 17.4 Å². The lowest BCUT2D eigenvalue weighted by Gasteiger charge is -1.98. The van der Waals surface area contributed by atoms with Crippen LogP contribution in [0.1, 0.15) is 0 Å². The summed E-state index contributed by atoms with van der Waals surface area (Å²) < 4.78 is 5.16. The van der Waals surface area contributed by atoms with E-state index < -0.39 is 4.92 Å². The van der Waals surface area contributed by atoms with E-state index in [1.165, 1.54) is 6.07 Å². The van der Waals surface area contributed by atoms with Crippen LogP contribution in [-0.2, 0) is 0 Å². The Bertz CT molecular complexity index is 813. The fourth-order valence-electron chi connectivity index (χ4n) is 1.96. The van der Waals surface area contributed by atoms with Crippen molar-refractivity contribution in [3.8, 4) is 22.8 Å². The Morgan fingerprint density at radius 2 is 1.71 bits per heavy atom. The maximum Gasteiger partial charge on any atom is 0.280 e. The van der Waals surface area contributed by atoms with Crippen molar-refractivity contribution >= 4 is 11.4 Å². The maximum absolute atomic E-state index is 11.0. The second-order valence-electron chi connectivity index (χ2n) is 4.28. The highest BCUT2D eigenvalue weighted by molar-refractivity contribution is 5.73. The molecule has 3 rings (SSSR count). The number of nitro groups is 1. The zero-order valence-electron chi connectivity index (χ0n) is 10.8. The molecule has 2 aromatic carbocycles. The van der Waals surface area contributed by atoms with Gasteiger partial charge in [-0.05, 0) is 18.2 Å². The van der Waals surface area contributed by atoms with Crippen LogP contribution in [0.2, 0.25) is 0 Å². The number of para-hydroxylation sites is 2. The molecule has 0 amide bonds. The highest BCUT2D eigenvalue weighted by Gasteiger charge is 2.20. The summed E-state index contributed by atoms with van der Waals surface area (Å²) in [5.74, 6) is 0.377. The molecule has 0 saturated carbocycles. The molecule has 0 aliphatic carbocycles. The molecule has 0 aliphatic rings. The second kappa shape index (κ2) is 5.04. The summed E-state index contributed by atoms with van der Waals surface area (Å²) in [6.45, 7) is 0. The third-order valence-electron chi connectivity index (χ3n) is 2.96. The number of hydrogen-bond donors (Lipinski definition) is 1. The van der Waals surface area contributed by atoms with E-state index in [0.717, 1.165) is 0 Å². The molecule has 7 heteroatoms. The van der Waals surface area contributed by atoms with Gasteiger partial charge < -0.3 is 10.3 Å². The molecule has 21 heavy (non-hydrogen) atoms. The van der Waals surface area contributed by atoms with Gasteiger partial charge in [-0.1, -0.05) is 29.4 Å². The first-order chi connectivity index (χ1) is 10.2. The lowest BCUT2D eigenvalue weighted by Crippen LogP contribution is -1.93. The predicted octanol–water partition coefficient (Wildman–Crippen LogP) is 2.89. The van der Waals surface area contributed by atoms with Crippen LogP contribution < -0.4 is 5.73 Å². The minimum Gasteiger partial charge on any atom is -0.398 e. The maximum atomic E-state index is 11.0. The Kier molecular flexibility index (Phi) is 3.07. The smallest absolute Gasteiger partial charge is 0.280 e. The van der Waals surface area contributed by atoms with Crippen molar-refractivity contribution in [3.63, 3.8) is 0 Å². The molecule has 0 spiro atoms. The Labute approximate surface area is 119 Å². The van der Waals surface area contributed by atoms with E-state index in [4.69, 9.17) is 10.3 Å². The summed E-state index contributed by atoms with van der Waals surface area (Å²) in [5, 5.41) is 14.8. The van der Waals surface area contributed by atoms with Gasteiger partial charge in [-0.15, -0.1) is 0 Å². The molecule has 0 fully saturated rings. The first-order valence-electron chi connectivity index (χ1n) is 6.09. The summed E-state index contributed by atoms with van der Waals surface area (Å²) in [7, 11) is 0. The van der Waals surface area contributed by atoms with E-state index >= 15 is 0 Å². The molecule has 0 unspecified atom stereocenters. The van der Waals surface area contributed by atoms with Gasteiger partial charge in [0.2, 0.25) is 5.82 Å². The number of aromatic nitrogens is 2. The van der Waals surface area contributed by atoms with Crippen molar-refractivity contribution in [1.82, 2.24) is 10.1 Å². The second-order valence-corrected chi connectivity index (χ2v) is 4.28. The van der Waals surface area contributed by atoms with Crippen LogP contribution in [0.5, 0.6) is 0 Å². The summed E-state index contributed by atoms with van der Waals surface area (Å²) in [6, 6.07) is 13.3. The molecule has 0 bridgehead atoms. The third-order valence-corrected chi connectivity index (χ3v) is 2.96. The van der Waals surface area contributed by atoms with Crippen molar-refractivity contribution in [2.75, 3.05) is 5.73 Å². The normalized spacial score (nSPS) is 10.5. The topological polar surface area (TPSA) is 108 Å².